The summed E-state index contributed by atoms with van der Waals surface area (Å²) in [7, 11) is 0. The third kappa shape index (κ3) is 2.57. The van der Waals surface area contributed by atoms with E-state index in [0.29, 0.717) is 5.75 Å². The van der Waals surface area contributed by atoms with Gasteiger partial charge in [-0.1, -0.05) is 6.42 Å². The number of nitrogens with one attached hydrogen (secondary N) is 1. The van der Waals surface area contributed by atoms with Crippen LogP contribution in [0.25, 0.3) is 0 Å². The number of hydrogen-bond donors (Lipinski definition) is 2. The summed E-state index contributed by atoms with van der Waals surface area (Å²) in [6.07, 6.45) is 2.95. The van der Waals surface area contributed by atoms with Gasteiger partial charge < -0.3 is 15.3 Å². The predicted octanol–water partition coefficient (Wildman–Crippen LogP) is 0.503. The molecular weight excluding hydrogens is 240 g/mol. The summed E-state index contributed by atoms with van der Waals surface area (Å²) < 4.78 is 0. The zero-order chi connectivity index (χ0) is 12.4. The second kappa shape index (κ2) is 5.27. The van der Waals surface area contributed by atoms with Crippen molar-refractivity contribution >= 4 is 23.6 Å². The summed E-state index contributed by atoms with van der Waals surface area (Å²) >= 11 is 1.53. The normalized spacial score (nSPS) is 33.7. The Labute approximate surface area is 105 Å². The number of carboxylic acids is 1. The number of aliphatic carboxylic acids is 1. The average molecular weight is 258 g/mol. The Bertz CT molecular complexity index is 318. The Balaban J connectivity index is 2.07. The fraction of sp³-hybridized carbons (Fsp3) is 0.818. The van der Waals surface area contributed by atoms with E-state index >= 15 is 0 Å². The number of nitrogens with zero attached hydrogens (tertiary/aromatic N) is 1. The fourth-order valence-electron chi connectivity index (χ4n) is 2.41. The maximum atomic E-state index is 12.3. The summed E-state index contributed by atoms with van der Waals surface area (Å²) in [6, 6.07) is -0.849. The van der Waals surface area contributed by atoms with Crippen LogP contribution in [0.4, 0.5) is 0 Å². The predicted molar refractivity (Wildman–Crippen MR) is 65.8 cm³/mol. The van der Waals surface area contributed by atoms with Crippen molar-refractivity contribution in [3.8, 4) is 0 Å². The van der Waals surface area contributed by atoms with Crippen LogP contribution in [0.15, 0.2) is 0 Å². The standard InChI is InChI=1S/C11H18N2O3S/c1-7-13(9(6-17-7)11(15)16)10(14)8-4-2-3-5-12-8/h7-9,12H,2-6H2,1H3,(H,15,16). The molecule has 2 aliphatic rings. The van der Waals surface area contributed by atoms with Crippen molar-refractivity contribution < 1.29 is 14.7 Å². The molecule has 0 radical (unpaired) electrons. The number of carboxylic acid groups (broad SMARTS) is 1. The number of amides is 1. The first-order chi connectivity index (χ1) is 8.11. The van der Waals surface area contributed by atoms with Gasteiger partial charge in [-0.2, -0.15) is 0 Å². The fourth-order valence-corrected chi connectivity index (χ4v) is 3.59. The second-order valence-corrected chi connectivity index (χ2v) is 5.88. The van der Waals surface area contributed by atoms with E-state index in [9.17, 15) is 9.59 Å². The highest BCUT2D eigenvalue weighted by Gasteiger charge is 2.41. The minimum Gasteiger partial charge on any atom is -0.480 e. The van der Waals surface area contributed by atoms with Crippen molar-refractivity contribution in [2.24, 2.45) is 0 Å². The molecule has 0 aromatic heterocycles. The summed E-state index contributed by atoms with van der Waals surface area (Å²) in [5.74, 6) is -0.449. The summed E-state index contributed by atoms with van der Waals surface area (Å²) in [5.41, 5.74) is 0. The number of carbonyl (C=O) groups is 2. The minimum atomic E-state index is -0.897. The first-order valence-electron chi connectivity index (χ1n) is 6.01. The Morgan fingerprint density at radius 3 is 2.76 bits per heavy atom. The molecule has 17 heavy (non-hydrogen) atoms. The summed E-state index contributed by atoms with van der Waals surface area (Å²) in [6.45, 7) is 2.75. The van der Waals surface area contributed by atoms with Crippen LogP contribution in [-0.4, -0.2) is 51.6 Å². The van der Waals surface area contributed by atoms with Crippen LogP contribution in [0.3, 0.4) is 0 Å². The lowest BCUT2D eigenvalue weighted by Crippen LogP contribution is -2.54. The first kappa shape index (κ1) is 12.7. The zero-order valence-electron chi connectivity index (χ0n) is 9.89. The van der Waals surface area contributed by atoms with Gasteiger partial charge in [0.25, 0.3) is 0 Å². The highest BCUT2D eigenvalue weighted by molar-refractivity contribution is 8.00. The number of thioether (sulfide) groups is 1. The van der Waals surface area contributed by atoms with Crippen molar-refractivity contribution in [2.45, 2.75) is 43.6 Å². The van der Waals surface area contributed by atoms with Crippen LogP contribution >= 0.6 is 11.8 Å². The molecular formula is C11H18N2O3S. The second-order valence-electron chi connectivity index (χ2n) is 4.53. The van der Waals surface area contributed by atoms with Gasteiger partial charge in [-0.25, -0.2) is 4.79 Å². The molecule has 2 heterocycles. The van der Waals surface area contributed by atoms with Gasteiger partial charge in [0.2, 0.25) is 5.91 Å². The molecule has 2 N–H and O–H groups in total. The molecule has 0 aromatic carbocycles. The third-order valence-corrected chi connectivity index (χ3v) is 4.59. The van der Waals surface area contributed by atoms with Crippen LogP contribution in [0.1, 0.15) is 26.2 Å². The van der Waals surface area contributed by atoms with Gasteiger partial charge >= 0.3 is 5.97 Å². The first-order valence-corrected chi connectivity index (χ1v) is 7.06. The van der Waals surface area contributed by atoms with Gasteiger partial charge in [0, 0.05) is 5.75 Å². The Kier molecular flexibility index (Phi) is 3.93. The van der Waals surface area contributed by atoms with Crippen LogP contribution in [0.5, 0.6) is 0 Å². The molecule has 1 amide bonds. The monoisotopic (exact) mass is 258 g/mol. The number of hydrogen-bond acceptors (Lipinski definition) is 4. The molecule has 0 aliphatic carbocycles. The lowest BCUT2D eigenvalue weighted by atomic mass is 10.0. The Morgan fingerprint density at radius 2 is 2.18 bits per heavy atom. The molecule has 96 valence electrons. The van der Waals surface area contributed by atoms with Gasteiger partial charge in [-0.3, -0.25) is 4.79 Å². The SMILES string of the molecule is CC1SCC(C(=O)O)N1C(=O)C1CCCCN1. The van der Waals surface area contributed by atoms with Crippen LogP contribution in [-0.2, 0) is 9.59 Å². The van der Waals surface area contributed by atoms with Crippen molar-refractivity contribution in [2.75, 3.05) is 12.3 Å². The van der Waals surface area contributed by atoms with Crippen molar-refractivity contribution in [1.82, 2.24) is 10.2 Å². The quantitative estimate of drug-likeness (QED) is 0.755. The molecule has 5 nitrogen and oxygen atoms in total. The van der Waals surface area contributed by atoms with Gasteiger partial charge in [-0.05, 0) is 26.3 Å². The molecule has 0 bridgehead atoms. The Hall–Kier alpha value is -0.750. The molecule has 2 aliphatic heterocycles. The van der Waals surface area contributed by atoms with Crippen LogP contribution in [0, 0.1) is 0 Å². The summed E-state index contributed by atoms with van der Waals surface area (Å²) in [4.78, 5) is 25.0. The molecule has 2 fully saturated rings. The summed E-state index contributed by atoms with van der Waals surface area (Å²) in [5, 5.41) is 12.3. The molecule has 0 saturated carbocycles. The molecule has 2 rings (SSSR count). The lowest BCUT2D eigenvalue weighted by Gasteiger charge is -2.31. The van der Waals surface area contributed by atoms with Crippen molar-refractivity contribution in [3.05, 3.63) is 0 Å². The van der Waals surface area contributed by atoms with Gasteiger partial charge in [0.05, 0.1) is 11.4 Å². The lowest BCUT2D eigenvalue weighted by molar-refractivity contribution is -0.150. The van der Waals surface area contributed by atoms with Crippen LogP contribution in [0.2, 0.25) is 0 Å². The van der Waals surface area contributed by atoms with Gasteiger partial charge in [0.1, 0.15) is 6.04 Å². The molecule has 0 aromatic rings. The van der Waals surface area contributed by atoms with E-state index in [4.69, 9.17) is 5.11 Å². The van der Waals surface area contributed by atoms with Gasteiger partial charge in [-0.15, -0.1) is 11.8 Å². The smallest absolute Gasteiger partial charge is 0.327 e. The van der Waals surface area contributed by atoms with Crippen molar-refractivity contribution in [1.29, 1.82) is 0 Å². The van der Waals surface area contributed by atoms with Crippen LogP contribution < -0.4 is 5.32 Å². The molecule has 6 heteroatoms. The third-order valence-electron chi connectivity index (χ3n) is 3.37. The Morgan fingerprint density at radius 1 is 1.41 bits per heavy atom. The highest BCUT2D eigenvalue weighted by Crippen LogP contribution is 2.30. The average Bonchev–Trinajstić information content (AvgIpc) is 2.71. The van der Waals surface area contributed by atoms with E-state index in [1.807, 2.05) is 6.92 Å². The zero-order valence-corrected chi connectivity index (χ0v) is 10.7. The molecule has 0 spiro atoms. The maximum Gasteiger partial charge on any atom is 0.327 e. The topological polar surface area (TPSA) is 69.6 Å². The molecule has 3 atom stereocenters. The van der Waals surface area contributed by atoms with E-state index in [0.717, 1.165) is 25.8 Å². The van der Waals surface area contributed by atoms with Gasteiger partial charge in [0.15, 0.2) is 0 Å². The number of rotatable bonds is 2. The minimum absolute atomic E-state index is 0.0349. The maximum absolute atomic E-state index is 12.3. The molecule has 3 unspecified atom stereocenters. The number of piperidine rings is 1. The van der Waals surface area contributed by atoms with E-state index in [1.54, 1.807) is 0 Å². The van der Waals surface area contributed by atoms with E-state index < -0.39 is 12.0 Å². The highest BCUT2D eigenvalue weighted by atomic mass is 32.2. The number of carbonyl (C=O) groups excluding carboxylic acids is 1. The van der Waals surface area contributed by atoms with E-state index in [1.165, 1.54) is 16.7 Å². The molecule has 2 saturated heterocycles. The van der Waals surface area contributed by atoms with E-state index in [-0.39, 0.29) is 17.3 Å². The van der Waals surface area contributed by atoms with Crippen molar-refractivity contribution in [3.63, 3.8) is 0 Å². The van der Waals surface area contributed by atoms with E-state index in [2.05, 4.69) is 5.32 Å². The largest absolute Gasteiger partial charge is 0.480 e.